The van der Waals surface area contributed by atoms with Crippen LogP contribution in [0, 0.1) is 5.82 Å². The number of halogens is 2. The normalized spacial score (nSPS) is 17.2. The summed E-state index contributed by atoms with van der Waals surface area (Å²) in [5.41, 5.74) is -0.549. The van der Waals surface area contributed by atoms with Crippen molar-refractivity contribution in [2.45, 2.75) is 0 Å². The van der Waals surface area contributed by atoms with Gasteiger partial charge in [0.2, 0.25) is 0 Å². The minimum atomic E-state index is -4.13. The number of amides is 1. The molecule has 0 saturated carbocycles. The van der Waals surface area contributed by atoms with E-state index in [1.807, 2.05) is 0 Å². The summed E-state index contributed by atoms with van der Waals surface area (Å²) in [7, 11) is -4.13. The maximum absolute atomic E-state index is 13.6. The number of anilines is 1. The molecule has 0 atom stereocenters. The van der Waals surface area contributed by atoms with Crippen molar-refractivity contribution in [2.24, 2.45) is 0 Å². The third kappa shape index (κ3) is 3.06. The molecule has 0 unspecified atom stereocenters. The third-order valence-corrected chi connectivity index (χ3v) is 3.91. The number of aromatic hydroxyl groups is 1. The summed E-state index contributed by atoms with van der Waals surface area (Å²) in [5, 5.41) is 9.54. The number of phenolic OH excluding ortho intramolecular Hbond substituents is 1. The van der Waals surface area contributed by atoms with Gasteiger partial charge in [-0.2, -0.15) is 8.42 Å². The molecule has 1 radical (unpaired) electrons. The molecule has 18 heavy (non-hydrogen) atoms. The van der Waals surface area contributed by atoms with Crippen molar-refractivity contribution in [1.29, 1.82) is 0 Å². The van der Waals surface area contributed by atoms with E-state index in [0.717, 1.165) is 12.1 Å². The van der Waals surface area contributed by atoms with E-state index >= 15 is 0 Å². The molecule has 0 aliphatic carbocycles. The average Bonchev–Trinajstić information content (AvgIpc) is 2.37. The van der Waals surface area contributed by atoms with Gasteiger partial charge in [-0.25, -0.2) is 13.4 Å². The van der Waals surface area contributed by atoms with Gasteiger partial charge in [0, 0.05) is 55.9 Å². The Bertz CT molecular complexity index is 586. The van der Waals surface area contributed by atoms with E-state index in [1.165, 1.54) is 0 Å². The van der Waals surface area contributed by atoms with Crippen molar-refractivity contribution < 1.29 is 22.7 Å². The number of phenols is 1. The fourth-order valence-corrected chi connectivity index (χ4v) is 3.03. The summed E-state index contributed by atoms with van der Waals surface area (Å²) in [6, 6.07) is 2.13. The zero-order chi connectivity index (χ0) is 12.8. The topological polar surface area (TPSA) is 86.7 Å². The minimum absolute atomic E-state index is 0. The monoisotopic (exact) mass is 363 g/mol. The first-order chi connectivity index (χ1) is 7.81. The van der Waals surface area contributed by atoms with E-state index < -0.39 is 39.9 Å². The number of carbonyl (C=O) groups is 1. The molecule has 1 aliphatic heterocycles. The van der Waals surface area contributed by atoms with Gasteiger partial charge in [0.1, 0.15) is 18.0 Å². The van der Waals surface area contributed by atoms with Gasteiger partial charge < -0.3 is 5.11 Å². The van der Waals surface area contributed by atoms with Crippen LogP contribution < -0.4 is 9.03 Å². The molecule has 93 valence electrons. The summed E-state index contributed by atoms with van der Waals surface area (Å²) >= 11 is 2.95. The van der Waals surface area contributed by atoms with Crippen LogP contribution in [0.3, 0.4) is 0 Å². The van der Waals surface area contributed by atoms with E-state index in [2.05, 4.69) is 15.9 Å². The van der Waals surface area contributed by atoms with Gasteiger partial charge in [-0.1, -0.05) is 15.9 Å². The maximum Gasteiger partial charge on any atom is 0.326 e. The SMILES string of the molecule is O=C1CN(c2c(O)cc(Br)cc2F)S(=O)(=O)N1.[K]. The second kappa shape index (κ2) is 5.73. The second-order valence-corrected chi connectivity index (χ2v) is 5.80. The van der Waals surface area contributed by atoms with Crippen LogP contribution in [-0.4, -0.2) is 77.4 Å². The zero-order valence-electron chi connectivity index (χ0n) is 9.15. The van der Waals surface area contributed by atoms with Gasteiger partial charge in [0.05, 0.1) is 0 Å². The molecule has 0 spiro atoms. The molecule has 10 heteroatoms. The smallest absolute Gasteiger partial charge is 0.326 e. The number of carbonyl (C=O) groups excluding carboxylic acids is 1. The Kier molecular flexibility index (Phi) is 5.20. The molecule has 1 saturated heterocycles. The van der Waals surface area contributed by atoms with Gasteiger partial charge in [0.15, 0.2) is 5.82 Å². The number of benzene rings is 1. The summed E-state index contributed by atoms with van der Waals surface area (Å²) in [4.78, 5) is 11.0. The van der Waals surface area contributed by atoms with Gasteiger partial charge in [-0.3, -0.25) is 4.79 Å². The van der Waals surface area contributed by atoms with Crippen LogP contribution in [0.2, 0.25) is 0 Å². The van der Waals surface area contributed by atoms with Gasteiger partial charge >= 0.3 is 10.2 Å². The van der Waals surface area contributed by atoms with Crippen LogP contribution >= 0.6 is 15.9 Å². The van der Waals surface area contributed by atoms with Crippen molar-refractivity contribution in [3.8, 4) is 5.75 Å². The Morgan fingerprint density at radius 2 is 2.06 bits per heavy atom. The summed E-state index contributed by atoms with van der Waals surface area (Å²) < 4.78 is 38.9. The number of rotatable bonds is 1. The van der Waals surface area contributed by atoms with Gasteiger partial charge in [-0.05, 0) is 12.1 Å². The predicted molar refractivity (Wildman–Crippen MR) is 65.9 cm³/mol. The first kappa shape index (κ1) is 16.3. The number of hydrogen-bond acceptors (Lipinski definition) is 4. The molecule has 0 aromatic heterocycles. The van der Waals surface area contributed by atoms with E-state index in [1.54, 1.807) is 4.72 Å². The molecule has 1 heterocycles. The Hall–Kier alpha value is 0.286. The summed E-state index contributed by atoms with van der Waals surface area (Å²) in [6.07, 6.45) is 0. The zero-order valence-corrected chi connectivity index (χ0v) is 14.7. The average molecular weight is 364 g/mol. The fourth-order valence-electron chi connectivity index (χ4n) is 1.45. The van der Waals surface area contributed by atoms with Crippen LogP contribution in [0.15, 0.2) is 16.6 Å². The van der Waals surface area contributed by atoms with Crippen LogP contribution in [-0.2, 0) is 15.0 Å². The van der Waals surface area contributed by atoms with Crippen LogP contribution in [0.5, 0.6) is 5.75 Å². The molecular formula is C8H6BrFKN2O4S. The van der Waals surface area contributed by atoms with Gasteiger partial charge in [0.25, 0.3) is 5.91 Å². The molecule has 1 aromatic carbocycles. The largest absolute Gasteiger partial charge is 0.506 e. The standard InChI is InChI=1S/C8H6BrFN2O4S.K/c9-4-1-5(10)8(6(13)2-4)12-3-7(14)11-17(12,15)16;/h1-2,13H,3H2,(H,11,14);. The van der Waals surface area contributed by atoms with E-state index in [4.69, 9.17) is 0 Å². The first-order valence-electron chi connectivity index (χ1n) is 4.32. The minimum Gasteiger partial charge on any atom is -0.506 e. The van der Waals surface area contributed by atoms with E-state index in [-0.39, 0.29) is 55.9 Å². The molecule has 1 aromatic rings. The molecule has 0 bridgehead atoms. The fraction of sp³-hybridized carbons (Fsp3) is 0.125. The van der Waals surface area contributed by atoms with Crippen molar-refractivity contribution in [2.75, 3.05) is 10.8 Å². The van der Waals surface area contributed by atoms with Crippen LogP contribution in [0.25, 0.3) is 0 Å². The Morgan fingerprint density at radius 3 is 2.50 bits per heavy atom. The predicted octanol–water partition coefficient (Wildman–Crippen LogP) is 0.0940. The molecule has 6 nitrogen and oxygen atoms in total. The Labute approximate surface area is 153 Å². The maximum atomic E-state index is 13.6. The van der Waals surface area contributed by atoms with Crippen LogP contribution in [0.1, 0.15) is 0 Å². The molecular weight excluding hydrogens is 358 g/mol. The third-order valence-electron chi connectivity index (χ3n) is 2.08. The number of nitrogens with one attached hydrogen (secondary N) is 1. The Morgan fingerprint density at radius 1 is 1.44 bits per heavy atom. The quantitative estimate of drug-likeness (QED) is 0.692. The molecule has 1 amide bonds. The van der Waals surface area contributed by atoms with E-state index in [9.17, 15) is 22.7 Å². The van der Waals surface area contributed by atoms with Crippen molar-refractivity contribution in [3.05, 3.63) is 22.4 Å². The first-order valence-corrected chi connectivity index (χ1v) is 6.56. The summed E-state index contributed by atoms with van der Waals surface area (Å²) in [6.45, 7) is -0.561. The molecule has 2 N–H and O–H groups in total. The second-order valence-electron chi connectivity index (χ2n) is 3.29. The molecule has 1 aliphatic rings. The Balaban J connectivity index is 0.00000162. The van der Waals surface area contributed by atoms with Crippen molar-refractivity contribution in [3.63, 3.8) is 0 Å². The molecule has 1 fully saturated rings. The summed E-state index contributed by atoms with van der Waals surface area (Å²) in [5.74, 6) is -2.30. The van der Waals surface area contributed by atoms with Crippen molar-refractivity contribution in [1.82, 2.24) is 4.72 Å². The van der Waals surface area contributed by atoms with E-state index in [0.29, 0.717) is 4.31 Å². The van der Waals surface area contributed by atoms with Crippen LogP contribution in [0.4, 0.5) is 10.1 Å². The van der Waals surface area contributed by atoms with Gasteiger partial charge in [-0.15, -0.1) is 0 Å². The number of hydrogen-bond donors (Lipinski definition) is 2. The number of nitrogens with zero attached hydrogens (tertiary/aromatic N) is 1. The molecule has 2 rings (SSSR count). The van der Waals surface area contributed by atoms with Crippen molar-refractivity contribution >= 4 is 89.1 Å².